The van der Waals surface area contributed by atoms with E-state index in [9.17, 15) is 4.79 Å². The molecule has 3 aromatic rings. The Labute approximate surface area is 157 Å². The van der Waals surface area contributed by atoms with Crippen LogP contribution < -0.4 is 5.32 Å². The molecular formula is C20H20ClN3O2. The molecule has 2 aromatic carbocycles. The van der Waals surface area contributed by atoms with Crippen LogP contribution in [0.25, 0.3) is 5.69 Å². The highest BCUT2D eigenvalue weighted by atomic mass is 35.5. The van der Waals surface area contributed by atoms with E-state index in [2.05, 4.69) is 10.4 Å². The lowest BCUT2D eigenvalue weighted by atomic mass is 10.1. The molecule has 0 aliphatic rings. The Morgan fingerprint density at radius 1 is 1.19 bits per heavy atom. The summed E-state index contributed by atoms with van der Waals surface area (Å²) in [4.78, 5) is 12.6. The van der Waals surface area contributed by atoms with Gasteiger partial charge in [0.25, 0.3) is 5.91 Å². The summed E-state index contributed by atoms with van der Waals surface area (Å²) in [6.07, 6.45) is 1.58. The molecule has 26 heavy (non-hydrogen) atoms. The number of hydrogen-bond donors (Lipinski definition) is 1. The van der Waals surface area contributed by atoms with Crippen molar-refractivity contribution in [3.8, 4) is 5.69 Å². The van der Waals surface area contributed by atoms with Gasteiger partial charge in [0, 0.05) is 18.7 Å². The van der Waals surface area contributed by atoms with E-state index < -0.39 is 0 Å². The monoisotopic (exact) mass is 369 g/mol. The molecule has 1 amide bonds. The standard InChI is InChI=1S/C20H20ClN3O2/c1-14-19(12-23-24(14)18-9-5-8-17(21)10-18)20(25)22-11-15-6-3-4-7-16(15)13-26-2/h3-10,12H,11,13H2,1-2H3,(H,22,25). The molecule has 0 spiro atoms. The topological polar surface area (TPSA) is 56.1 Å². The highest BCUT2D eigenvalue weighted by molar-refractivity contribution is 6.30. The van der Waals surface area contributed by atoms with Crippen molar-refractivity contribution in [1.82, 2.24) is 15.1 Å². The first-order chi connectivity index (χ1) is 12.6. The highest BCUT2D eigenvalue weighted by Gasteiger charge is 2.15. The Balaban J connectivity index is 1.75. The van der Waals surface area contributed by atoms with Crippen molar-refractivity contribution >= 4 is 17.5 Å². The second kappa shape index (κ2) is 8.17. The number of ether oxygens (including phenoxy) is 1. The molecule has 0 saturated carbocycles. The van der Waals surface area contributed by atoms with Gasteiger partial charge in [-0.25, -0.2) is 4.68 Å². The van der Waals surface area contributed by atoms with Crippen molar-refractivity contribution in [3.63, 3.8) is 0 Å². The van der Waals surface area contributed by atoms with Gasteiger partial charge >= 0.3 is 0 Å². The van der Waals surface area contributed by atoms with Gasteiger partial charge in [-0.3, -0.25) is 4.79 Å². The number of benzene rings is 2. The fraction of sp³-hybridized carbons (Fsp3) is 0.200. The lowest BCUT2D eigenvalue weighted by Gasteiger charge is -2.10. The predicted molar refractivity (Wildman–Crippen MR) is 102 cm³/mol. The molecular weight excluding hydrogens is 350 g/mol. The number of rotatable bonds is 6. The van der Waals surface area contributed by atoms with Crippen molar-refractivity contribution in [1.29, 1.82) is 0 Å². The van der Waals surface area contributed by atoms with Crippen LogP contribution in [0.2, 0.25) is 5.02 Å². The SMILES string of the molecule is COCc1ccccc1CNC(=O)c1cnn(-c2cccc(Cl)c2)c1C. The van der Waals surface area contributed by atoms with Gasteiger partial charge in [0.2, 0.25) is 0 Å². The predicted octanol–water partition coefficient (Wildman–Crippen LogP) is 3.91. The Hall–Kier alpha value is -2.63. The number of carbonyl (C=O) groups excluding carboxylic acids is 1. The van der Waals surface area contributed by atoms with Crippen LogP contribution in [-0.2, 0) is 17.9 Å². The number of aromatic nitrogens is 2. The van der Waals surface area contributed by atoms with Gasteiger partial charge in [0.1, 0.15) is 0 Å². The summed E-state index contributed by atoms with van der Waals surface area (Å²) in [5, 5.41) is 7.91. The second-order valence-corrected chi connectivity index (χ2v) is 6.36. The van der Waals surface area contributed by atoms with Gasteiger partial charge in [-0.1, -0.05) is 41.9 Å². The molecule has 6 heteroatoms. The molecule has 0 bridgehead atoms. The second-order valence-electron chi connectivity index (χ2n) is 5.92. The van der Waals surface area contributed by atoms with E-state index in [1.165, 1.54) is 0 Å². The normalized spacial score (nSPS) is 10.7. The van der Waals surface area contributed by atoms with E-state index in [0.717, 1.165) is 22.5 Å². The third kappa shape index (κ3) is 3.95. The highest BCUT2D eigenvalue weighted by Crippen LogP contribution is 2.18. The number of nitrogens with zero attached hydrogens (tertiary/aromatic N) is 2. The average Bonchev–Trinajstić information content (AvgIpc) is 3.02. The molecule has 3 rings (SSSR count). The molecule has 1 heterocycles. The van der Waals surface area contributed by atoms with Crippen molar-refractivity contribution < 1.29 is 9.53 Å². The summed E-state index contributed by atoms with van der Waals surface area (Å²) in [5.41, 5.74) is 4.20. The third-order valence-corrected chi connectivity index (χ3v) is 4.40. The van der Waals surface area contributed by atoms with Crippen LogP contribution in [0.1, 0.15) is 27.2 Å². The summed E-state index contributed by atoms with van der Waals surface area (Å²) in [6, 6.07) is 15.2. The van der Waals surface area contributed by atoms with E-state index in [1.807, 2.05) is 49.4 Å². The van der Waals surface area contributed by atoms with Crippen molar-refractivity contribution in [2.45, 2.75) is 20.1 Å². The zero-order valence-corrected chi connectivity index (χ0v) is 15.5. The Bertz CT molecular complexity index is 921. The zero-order valence-electron chi connectivity index (χ0n) is 14.7. The Morgan fingerprint density at radius 3 is 2.69 bits per heavy atom. The largest absolute Gasteiger partial charge is 0.380 e. The van der Waals surface area contributed by atoms with Gasteiger partial charge in [0.05, 0.1) is 29.7 Å². The van der Waals surface area contributed by atoms with Crippen LogP contribution in [0.5, 0.6) is 0 Å². The number of nitrogens with one attached hydrogen (secondary N) is 1. The minimum absolute atomic E-state index is 0.164. The maximum absolute atomic E-state index is 12.6. The lowest BCUT2D eigenvalue weighted by molar-refractivity contribution is 0.0950. The maximum Gasteiger partial charge on any atom is 0.255 e. The quantitative estimate of drug-likeness (QED) is 0.716. The van der Waals surface area contributed by atoms with Gasteiger partial charge in [-0.2, -0.15) is 5.10 Å². The molecule has 0 aliphatic carbocycles. The fourth-order valence-electron chi connectivity index (χ4n) is 2.80. The van der Waals surface area contributed by atoms with E-state index in [4.69, 9.17) is 16.3 Å². The number of methoxy groups -OCH3 is 1. The summed E-state index contributed by atoms with van der Waals surface area (Å²) >= 11 is 6.04. The molecule has 5 nitrogen and oxygen atoms in total. The first kappa shape index (κ1) is 18.2. The summed E-state index contributed by atoms with van der Waals surface area (Å²) < 4.78 is 6.91. The van der Waals surface area contributed by atoms with Crippen LogP contribution in [-0.4, -0.2) is 22.8 Å². The molecule has 1 aromatic heterocycles. The van der Waals surface area contributed by atoms with E-state index in [-0.39, 0.29) is 5.91 Å². The van der Waals surface area contributed by atoms with Crippen molar-refractivity contribution in [2.75, 3.05) is 7.11 Å². The minimum Gasteiger partial charge on any atom is -0.380 e. The van der Waals surface area contributed by atoms with E-state index in [1.54, 1.807) is 24.1 Å². The van der Waals surface area contributed by atoms with Gasteiger partial charge in [-0.15, -0.1) is 0 Å². The lowest BCUT2D eigenvalue weighted by Crippen LogP contribution is -2.24. The average molecular weight is 370 g/mol. The number of amides is 1. The van der Waals surface area contributed by atoms with Gasteiger partial charge < -0.3 is 10.1 Å². The molecule has 134 valence electrons. The number of carbonyl (C=O) groups is 1. The van der Waals surface area contributed by atoms with E-state index in [0.29, 0.717) is 23.7 Å². The molecule has 0 saturated heterocycles. The first-order valence-electron chi connectivity index (χ1n) is 8.24. The molecule has 0 unspecified atom stereocenters. The van der Waals surface area contributed by atoms with Crippen molar-refractivity contribution in [2.24, 2.45) is 0 Å². The first-order valence-corrected chi connectivity index (χ1v) is 8.62. The summed E-state index contributed by atoms with van der Waals surface area (Å²) in [6.45, 7) is 2.81. The van der Waals surface area contributed by atoms with E-state index >= 15 is 0 Å². The third-order valence-electron chi connectivity index (χ3n) is 4.16. The summed E-state index contributed by atoms with van der Waals surface area (Å²) in [5.74, 6) is -0.164. The molecule has 0 fully saturated rings. The van der Waals surface area contributed by atoms with Crippen LogP contribution in [0, 0.1) is 6.92 Å². The van der Waals surface area contributed by atoms with Crippen LogP contribution >= 0.6 is 11.6 Å². The van der Waals surface area contributed by atoms with Crippen LogP contribution in [0.3, 0.4) is 0 Å². The van der Waals surface area contributed by atoms with Crippen LogP contribution in [0.15, 0.2) is 54.7 Å². The van der Waals surface area contributed by atoms with Crippen LogP contribution in [0.4, 0.5) is 0 Å². The number of halogens is 1. The Morgan fingerprint density at radius 2 is 1.96 bits per heavy atom. The smallest absolute Gasteiger partial charge is 0.255 e. The molecule has 1 N–H and O–H groups in total. The zero-order chi connectivity index (χ0) is 18.5. The molecule has 0 radical (unpaired) electrons. The fourth-order valence-corrected chi connectivity index (χ4v) is 2.98. The molecule has 0 aliphatic heterocycles. The summed E-state index contributed by atoms with van der Waals surface area (Å²) in [7, 11) is 1.66. The maximum atomic E-state index is 12.6. The molecule has 0 atom stereocenters. The Kier molecular flexibility index (Phi) is 5.71. The van der Waals surface area contributed by atoms with Gasteiger partial charge in [-0.05, 0) is 36.2 Å². The minimum atomic E-state index is -0.164. The van der Waals surface area contributed by atoms with Gasteiger partial charge in [0.15, 0.2) is 0 Å². The number of hydrogen-bond acceptors (Lipinski definition) is 3. The van der Waals surface area contributed by atoms with Crippen molar-refractivity contribution in [3.05, 3.63) is 82.1 Å².